The maximum Gasteiger partial charge on any atom is 0.247 e. The van der Waals surface area contributed by atoms with Crippen LogP contribution in [0, 0.1) is 0 Å². The van der Waals surface area contributed by atoms with E-state index in [0.717, 1.165) is 29.7 Å². The van der Waals surface area contributed by atoms with Crippen molar-refractivity contribution in [1.29, 1.82) is 0 Å². The van der Waals surface area contributed by atoms with Crippen LogP contribution in [0.2, 0.25) is 0 Å². The van der Waals surface area contributed by atoms with E-state index in [1.807, 2.05) is 102 Å². The maximum atomic E-state index is 13.4. The molecule has 1 aliphatic carbocycles. The van der Waals surface area contributed by atoms with Crippen LogP contribution in [0.1, 0.15) is 29.7 Å². The highest BCUT2D eigenvalue weighted by atomic mass is 16.2. The van der Waals surface area contributed by atoms with E-state index < -0.39 is 0 Å². The molecule has 0 aliphatic heterocycles. The van der Waals surface area contributed by atoms with Crippen LogP contribution >= 0.6 is 0 Å². The van der Waals surface area contributed by atoms with Gasteiger partial charge in [-0.2, -0.15) is 0 Å². The quantitative estimate of drug-likeness (QED) is 0.479. The topological polar surface area (TPSA) is 45.6 Å². The molecule has 1 aliphatic rings. The first-order valence-corrected chi connectivity index (χ1v) is 11.1. The van der Waals surface area contributed by atoms with Gasteiger partial charge in [-0.1, -0.05) is 60.7 Å². The van der Waals surface area contributed by atoms with Gasteiger partial charge in [0.2, 0.25) is 11.8 Å². The van der Waals surface area contributed by atoms with E-state index in [9.17, 15) is 9.59 Å². The highest BCUT2D eigenvalue weighted by Gasteiger charge is 2.34. The Bertz CT molecular complexity index is 1070. The van der Waals surface area contributed by atoms with Gasteiger partial charge in [0.25, 0.3) is 0 Å². The summed E-state index contributed by atoms with van der Waals surface area (Å²) in [7, 11) is 1.98. The number of carbonyl (C=O) groups excluding carboxylic acids is 2. The van der Waals surface area contributed by atoms with Crippen LogP contribution in [-0.2, 0) is 29.7 Å². The van der Waals surface area contributed by atoms with Gasteiger partial charge in [0.15, 0.2) is 0 Å². The normalized spacial score (nSPS) is 13.3. The van der Waals surface area contributed by atoms with Crippen LogP contribution in [0.3, 0.4) is 0 Å². The molecule has 5 nitrogen and oxygen atoms in total. The molecule has 1 fully saturated rings. The van der Waals surface area contributed by atoms with Gasteiger partial charge in [-0.3, -0.25) is 9.59 Å². The van der Waals surface area contributed by atoms with Crippen molar-refractivity contribution in [2.45, 2.75) is 32.0 Å². The zero-order valence-corrected chi connectivity index (χ0v) is 18.4. The van der Waals surface area contributed by atoms with Gasteiger partial charge in [-0.25, -0.2) is 0 Å². The van der Waals surface area contributed by atoms with Crippen molar-refractivity contribution in [3.63, 3.8) is 0 Å². The van der Waals surface area contributed by atoms with Crippen molar-refractivity contribution in [2.75, 3.05) is 6.54 Å². The van der Waals surface area contributed by atoms with E-state index in [1.165, 1.54) is 0 Å². The fourth-order valence-electron chi connectivity index (χ4n) is 3.74. The molecular formula is C27H29N3O2. The Labute approximate surface area is 189 Å². The Morgan fingerprint density at radius 3 is 2.25 bits per heavy atom. The summed E-state index contributed by atoms with van der Waals surface area (Å²) in [6.07, 6.45) is 7.28. The number of amides is 2. The summed E-state index contributed by atoms with van der Waals surface area (Å²) in [5.74, 6) is -0.147. The molecule has 1 aromatic heterocycles. The first kappa shape index (κ1) is 21.6. The SMILES string of the molecule is Cn1cccc1CN(Cc1ccccc1)C(=O)CN(C(=O)C=Cc1ccccc1)C1CC1. The second-order valence-electron chi connectivity index (χ2n) is 8.29. The third-order valence-electron chi connectivity index (χ3n) is 5.77. The van der Waals surface area contributed by atoms with Crippen molar-refractivity contribution >= 4 is 17.9 Å². The number of nitrogens with zero attached hydrogens (tertiary/aromatic N) is 3. The summed E-state index contributed by atoms with van der Waals surface area (Å²) >= 11 is 0. The van der Waals surface area contributed by atoms with E-state index in [1.54, 1.807) is 11.0 Å². The first-order chi connectivity index (χ1) is 15.6. The molecule has 5 heteroatoms. The predicted octanol–water partition coefficient (Wildman–Crippen LogP) is 4.26. The number of hydrogen-bond acceptors (Lipinski definition) is 2. The number of benzene rings is 2. The predicted molar refractivity (Wildman–Crippen MR) is 126 cm³/mol. The minimum atomic E-state index is -0.108. The van der Waals surface area contributed by atoms with E-state index in [0.29, 0.717) is 13.1 Å². The lowest BCUT2D eigenvalue weighted by Crippen LogP contribution is -2.43. The van der Waals surface area contributed by atoms with Crippen molar-refractivity contribution in [1.82, 2.24) is 14.4 Å². The molecule has 0 unspecified atom stereocenters. The van der Waals surface area contributed by atoms with Crippen molar-refractivity contribution < 1.29 is 9.59 Å². The summed E-state index contributed by atoms with van der Waals surface area (Å²) in [5, 5.41) is 0. The Kier molecular flexibility index (Phi) is 6.85. The minimum absolute atomic E-state index is 0.0385. The summed E-state index contributed by atoms with van der Waals surface area (Å²) in [6, 6.07) is 23.9. The lowest BCUT2D eigenvalue weighted by molar-refractivity contribution is -0.139. The van der Waals surface area contributed by atoms with Crippen molar-refractivity contribution in [3.05, 3.63) is 102 Å². The smallest absolute Gasteiger partial charge is 0.247 e. The molecule has 0 spiro atoms. The molecule has 4 rings (SSSR count). The van der Waals surface area contributed by atoms with Crippen LogP contribution < -0.4 is 0 Å². The molecule has 0 N–H and O–H groups in total. The van der Waals surface area contributed by atoms with E-state index >= 15 is 0 Å². The average molecular weight is 428 g/mol. The molecule has 0 bridgehead atoms. The van der Waals surface area contributed by atoms with E-state index in [4.69, 9.17) is 0 Å². The number of aromatic nitrogens is 1. The molecule has 2 aromatic carbocycles. The fraction of sp³-hybridized carbons (Fsp3) is 0.259. The average Bonchev–Trinajstić information content (AvgIpc) is 3.58. The highest BCUT2D eigenvalue weighted by Crippen LogP contribution is 2.27. The van der Waals surface area contributed by atoms with Gasteiger partial charge in [-0.15, -0.1) is 0 Å². The second kappa shape index (κ2) is 10.1. The Balaban J connectivity index is 1.48. The Morgan fingerprint density at radius 1 is 0.938 bits per heavy atom. The van der Waals surface area contributed by atoms with Gasteiger partial charge < -0.3 is 14.4 Å². The van der Waals surface area contributed by atoms with Crippen LogP contribution in [-0.4, -0.2) is 38.8 Å². The van der Waals surface area contributed by atoms with Crippen LogP contribution in [0.15, 0.2) is 85.1 Å². The lowest BCUT2D eigenvalue weighted by atomic mass is 10.2. The molecule has 32 heavy (non-hydrogen) atoms. The lowest BCUT2D eigenvalue weighted by Gasteiger charge is -2.27. The maximum absolute atomic E-state index is 13.4. The van der Waals surface area contributed by atoms with Gasteiger partial charge in [-0.05, 0) is 42.2 Å². The van der Waals surface area contributed by atoms with Gasteiger partial charge in [0.05, 0.1) is 6.54 Å². The Morgan fingerprint density at radius 2 is 1.62 bits per heavy atom. The summed E-state index contributed by atoms with van der Waals surface area (Å²) in [6.45, 7) is 1.11. The Hall–Kier alpha value is -3.60. The second-order valence-corrected chi connectivity index (χ2v) is 8.29. The van der Waals surface area contributed by atoms with Gasteiger partial charge in [0.1, 0.15) is 6.54 Å². The van der Waals surface area contributed by atoms with E-state index in [-0.39, 0.29) is 24.4 Å². The van der Waals surface area contributed by atoms with Crippen LogP contribution in [0.4, 0.5) is 0 Å². The zero-order chi connectivity index (χ0) is 22.3. The third-order valence-corrected chi connectivity index (χ3v) is 5.77. The number of hydrogen-bond donors (Lipinski definition) is 0. The molecule has 3 aromatic rings. The number of aryl methyl sites for hydroxylation is 1. The fourth-order valence-corrected chi connectivity index (χ4v) is 3.74. The highest BCUT2D eigenvalue weighted by molar-refractivity contribution is 5.94. The molecule has 164 valence electrons. The number of carbonyl (C=O) groups is 2. The largest absolute Gasteiger partial charge is 0.353 e. The summed E-state index contributed by atoms with van der Waals surface area (Å²) in [4.78, 5) is 29.9. The first-order valence-electron chi connectivity index (χ1n) is 11.1. The molecule has 2 amide bonds. The van der Waals surface area contributed by atoms with Crippen LogP contribution in [0.5, 0.6) is 0 Å². The number of rotatable bonds is 9. The molecule has 1 saturated carbocycles. The monoisotopic (exact) mass is 427 g/mol. The third kappa shape index (κ3) is 5.76. The molecule has 0 saturated heterocycles. The van der Waals surface area contributed by atoms with Crippen molar-refractivity contribution in [3.8, 4) is 0 Å². The molecule has 0 radical (unpaired) electrons. The molecular weight excluding hydrogens is 398 g/mol. The van der Waals surface area contributed by atoms with Gasteiger partial charge >= 0.3 is 0 Å². The van der Waals surface area contributed by atoms with Crippen LogP contribution in [0.25, 0.3) is 6.08 Å². The summed E-state index contributed by atoms with van der Waals surface area (Å²) in [5.41, 5.74) is 3.10. The minimum Gasteiger partial charge on any atom is -0.353 e. The van der Waals surface area contributed by atoms with Crippen molar-refractivity contribution in [2.24, 2.45) is 7.05 Å². The summed E-state index contributed by atoms with van der Waals surface area (Å²) < 4.78 is 2.03. The molecule has 0 atom stereocenters. The molecule has 1 heterocycles. The standard InChI is InChI=1S/C27H29N3O2/c1-28-18-8-13-25(28)20-29(19-23-11-6-3-7-12-23)27(32)21-30(24-15-16-24)26(31)17-14-22-9-4-2-5-10-22/h2-14,17-18,24H,15-16,19-21H2,1H3. The van der Waals surface area contributed by atoms with Gasteiger partial charge in [0, 0.05) is 37.6 Å². The zero-order valence-electron chi connectivity index (χ0n) is 18.4. The van der Waals surface area contributed by atoms with E-state index in [2.05, 4.69) is 0 Å².